The normalized spacial score (nSPS) is 16.1. The van der Waals surface area contributed by atoms with E-state index in [4.69, 9.17) is 14.5 Å². The highest BCUT2D eigenvalue weighted by atomic mass is 32.1. The zero-order chi connectivity index (χ0) is 30.4. The van der Waals surface area contributed by atoms with Crippen LogP contribution in [0.1, 0.15) is 71.7 Å². The van der Waals surface area contributed by atoms with Crippen molar-refractivity contribution in [2.75, 3.05) is 18.0 Å². The Kier molecular flexibility index (Phi) is 7.73. The molecule has 5 rings (SSSR count). The molecule has 2 amide bonds. The van der Waals surface area contributed by atoms with Crippen LogP contribution in [0.3, 0.4) is 0 Å². The number of carbonyl (C=O) groups is 2. The van der Waals surface area contributed by atoms with Crippen LogP contribution < -0.4 is 4.90 Å². The quantitative estimate of drug-likeness (QED) is 0.279. The molecule has 0 radical (unpaired) electrons. The topological polar surface area (TPSA) is 120 Å². The van der Waals surface area contributed by atoms with E-state index in [0.29, 0.717) is 29.6 Å². The first kappa shape index (κ1) is 29.5. The van der Waals surface area contributed by atoms with E-state index < -0.39 is 17.3 Å². The lowest BCUT2D eigenvalue weighted by atomic mass is 9.94. The molecule has 42 heavy (non-hydrogen) atoms. The van der Waals surface area contributed by atoms with E-state index in [1.807, 2.05) is 73.8 Å². The SMILES string of the molecule is Cc1cc(N(C(=O)OC(C)(C)C)c2cc(C3CCCN(C(=O)OC(C)(C)C)C3)nc3c(-c4cnn(C)c4)cnn23)sn1. The van der Waals surface area contributed by atoms with Gasteiger partial charge in [-0.2, -0.15) is 19.1 Å². The summed E-state index contributed by atoms with van der Waals surface area (Å²) in [6.45, 7) is 14.0. The van der Waals surface area contributed by atoms with Gasteiger partial charge >= 0.3 is 12.2 Å². The Balaban J connectivity index is 1.65. The highest BCUT2D eigenvalue weighted by molar-refractivity contribution is 7.10. The van der Waals surface area contributed by atoms with Crippen molar-refractivity contribution in [1.29, 1.82) is 0 Å². The number of carbonyl (C=O) groups excluding carboxylic acids is 2. The Labute approximate surface area is 249 Å². The molecule has 1 saturated heterocycles. The zero-order valence-electron chi connectivity index (χ0n) is 25.4. The van der Waals surface area contributed by atoms with E-state index in [0.717, 1.165) is 35.4 Å². The molecule has 0 bridgehead atoms. The molecule has 0 aromatic carbocycles. The number of piperidine rings is 1. The van der Waals surface area contributed by atoms with Gasteiger partial charge in [0.05, 0.1) is 23.8 Å². The van der Waals surface area contributed by atoms with Gasteiger partial charge in [0, 0.05) is 49.4 Å². The van der Waals surface area contributed by atoms with Crippen LogP contribution in [0.15, 0.2) is 30.7 Å². The van der Waals surface area contributed by atoms with Crippen LogP contribution in [0.5, 0.6) is 0 Å². The lowest BCUT2D eigenvalue weighted by Gasteiger charge is -2.34. The number of likely N-dealkylation sites (tertiary alicyclic amines) is 1. The summed E-state index contributed by atoms with van der Waals surface area (Å²) in [5, 5.41) is 9.60. The van der Waals surface area contributed by atoms with E-state index in [1.165, 1.54) is 16.4 Å². The van der Waals surface area contributed by atoms with Crippen LogP contribution >= 0.6 is 11.5 Å². The summed E-state index contributed by atoms with van der Waals surface area (Å²) in [5.74, 6) is 0.382. The summed E-state index contributed by atoms with van der Waals surface area (Å²) >= 11 is 1.20. The predicted octanol–water partition coefficient (Wildman–Crippen LogP) is 6.08. The Morgan fingerprint density at radius 2 is 1.79 bits per heavy atom. The van der Waals surface area contributed by atoms with Gasteiger partial charge in [0.2, 0.25) is 0 Å². The fourth-order valence-corrected chi connectivity index (χ4v) is 5.63. The highest BCUT2D eigenvalue weighted by Gasteiger charge is 2.33. The summed E-state index contributed by atoms with van der Waals surface area (Å²) in [7, 11) is 1.85. The van der Waals surface area contributed by atoms with Crippen LogP contribution in [0.2, 0.25) is 0 Å². The van der Waals surface area contributed by atoms with Crippen molar-refractivity contribution in [3.63, 3.8) is 0 Å². The molecule has 0 spiro atoms. The number of hydrogen-bond donors (Lipinski definition) is 0. The van der Waals surface area contributed by atoms with E-state index in [2.05, 4.69) is 14.6 Å². The van der Waals surface area contributed by atoms with Crippen molar-refractivity contribution in [2.45, 2.75) is 78.4 Å². The maximum absolute atomic E-state index is 13.8. The van der Waals surface area contributed by atoms with Gasteiger partial charge in [0.25, 0.3) is 0 Å². The third-order valence-electron chi connectivity index (χ3n) is 6.62. The molecule has 0 N–H and O–H groups in total. The smallest absolute Gasteiger partial charge is 0.421 e. The molecule has 4 aromatic rings. The lowest BCUT2D eigenvalue weighted by Crippen LogP contribution is -2.42. The van der Waals surface area contributed by atoms with Crippen molar-refractivity contribution in [1.82, 2.24) is 33.7 Å². The minimum absolute atomic E-state index is 0.0876. The fraction of sp³-hybridized carbons (Fsp3) is 0.517. The van der Waals surface area contributed by atoms with Gasteiger partial charge in [-0.25, -0.2) is 19.5 Å². The number of aryl methyl sites for hydroxylation is 2. The molecule has 1 unspecified atom stereocenters. The van der Waals surface area contributed by atoms with E-state index >= 15 is 0 Å². The zero-order valence-corrected chi connectivity index (χ0v) is 26.2. The molecule has 1 aliphatic heterocycles. The third-order valence-corrected chi connectivity index (χ3v) is 7.49. The molecule has 12 nitrogen and oxygen atoms in total. The van der Waals surface area contributed by atoms with Gasteiger partial charge in [-0.05, 0) is 78.9 Å². The van der Waals surface area contributed by atoms with Crippen LogP contribution in [-0.2, 0) is 16.5 Å². The first-order valence-electron chi connectivity index (χ1n) is 14.0. The Morgan fingerprint density at radius 1 is 1.05 bits per heavy atom. The molecule has 0 aliphatic carbocycles. The number of ether oxygens (including phenoxy) is 2. The van der Waals surface area contributed by atoms with Crippen molar-refractivity contribution in [3.05, 3.63) is 42.1 Å². The Bertz CT molecular complexity index is 1610. The van der Waals surface area contributed by atoms with Crippen LogP contribution in [-0.4, -0.2) is 70.1 Å². The fourth-order valence-electron chi connectivity index (χ4n) is 4.87. The second-order valence-corrected chi connectivity index (χ2v) is 13.4. The molecule has 0 saturated carbocycles. The molecule has 5 heterocycles. The average molecular weight is 595 g/mol. The standard InChI is InChI=1S/C29H38N8O4S/c1-18-12-24(42-33-18)36(27(39)41-29(5,6)7)23-13-22(19-10-9-11-35(17-19)26(38)40-28(2,3)4)32-25-21(15-31-37(23)25)20-14-30-34(8)16-20/h12-16,19H,9-11,17H2,1-8H3. The van der Waals surface area contributed by atoms with Crippen LogP contribution in [0.4, 0.5) is 20.4 Å². The van der Waals surface area contributed by atoms with E-state index in [1.54, 1.807) is 26.5 Å². The minimum atomic E-state index is -0.730. The van der Waals surface area contributed by atoms with Crippen molar-refractivity contribution >= 4 is 40.2 Å². The van der Waals surface area contributed by atoms with Crippen molar-refractivity contribution in [2.24, 2.45) is 7.05 Å². The van der Waals surface area contributed by atoms with Crippen molar-refractivity contribution < 1.29 is 19.1 Å². The minimum Gasteiger partial charge on any atom is -0.444 e. The lowest BCUT2D eigenvalue weighted by molar-refractivity contribution is 0.0197. The third kappa shape index (κ3) is 6.40. The Hall–Kier alpha value is -4.00. The summed E-state index contributed by atoms with van der Waals surface area (Å²) in [4.78, 5) is 35.1. The predicted molar refractivity (Wildman–Crippen MR) is 160 cm³/mol. The van der Waals surface area contributed by atoms with Crippen LogP contribution in [0.25, 0.3) is 16.8 Å². The van der Waals surface area contributed by atoms with Gasteiger partial charge in [-0.1, -0.05) is 0 Å². The number of amides is 2. The molecular weight excluding hydrogens is 556 g/mol. The first-order valence-corrected chi connectivity index (χ1v) is 14.8. The number of nitrogens with zero attached hydrogens (tertiary/aromatic N) is 8. The summed E-state index contributed by atoms with van der Waals surface area (Å²) in [6.07, 6.45) is 6.11. The number of rotatable bonds is 4. The van der Waals surface area contributed by atoms with Gasteiger partial charge < -0.3 is 14.4 Å². The number of aromatic nitrogens is 6. The Morgan fingerprint density at radius 3 is 2.40 bits per heavy atom. The molecule has 4 aromatic heterocycles. The maximum Gasteiger partial charge on any atom is 0.421 e. The first-order chi connectivity index (χ1) is 19.7. The van der Waals surface area contributed by atoms with Gasteiger partial charge in [-0.3, -0.25) is 4.68 Å². The van der Waals surface area contributed by atoms with E-state index in [-0.39, 0.29) is 12.0 Å². The average Bonchev–Trinajstić information content (AvgIpc) is 3.62. The maximum atomic E-state index is 13.8. The summed E-state index contributed by atoms with van der Waals surface area (Å²) in [6, 6.07) is 3.71. The molecular formula is C29H38N8O4S. The van der Waals surface area contributed by atoms with Gasteiger partial charge in [0.15, 0.2) is 5.65 Å². The summed E-state index contributed by atoms with van der Waals surface area (Å²) < 4.78 is 19.3. The molecule has 13 heteroatoms. The van der Waals surface area contributed by atoms with E-state index in [9.17, 15) is 9.59 Å². The number of fused-ring (bicyclic) bond motifs is 1. The second kappa shape index (κ2) is 11.0. The van der Waals surface area contributed by atoms with Crippen LogP contribution in [0, 0.1) is 6.92 Å². The molecule has 224 valence electrons. The second-order valence-electron chi connectivity index (χ2n) is 12.6. The monoisotopic (exact) mass is 594 g/mol. The molecule has 1 aliphatic rings. The highest BCUT2D eigenvalue weighted by Crippen LogP contribution is 2.37. The van der Waals surface area contributed by atoms with Gasteiger partial charge in [0.1, 0.15) is 22.0 Å². The van der Waals surface area contributed by atoms with Crippen molar-refractivity contribution in [3.8, 4) is 11.1 Å². The molecule has 1 atom stereocenters. The number of hydrogen-bond acceptors (Lipinski definition) is 9. The molecule has 1 fully saturated rings. The largest absolute Gasteiger partial charge is 0.444 e. The van der Waals surface area contributed by atoms with Gasteiger partial charge in [-0.15, -0.1) is 0 Å². The summed E-state index contributed by atoms with van der Waals surface area (Å²) in [5.41, 5.74) is 2.39. The number of anilines is 2.